The molecule has 11 nitrogen and oxygen atoms in total. The molecule has 0 bridgehead atoms. The van der Waals surface area contributed by atoms with Crippen LogP contribution in [0.15, 0.2) is 0 Å². The molecule has 0 atom stereocenters. The quantitative estimate of drug-likeness (QED) is 0.437. The van der Waals surface area contributed by atoms with E-state index in [1.807, 2.05) is 0 Å². The van der Waals surface area contributed by atoms with Gasteiger partial charge in [0.05, 0.1) is 0 Å². The van der Waals surface area contributed by atoms with Crippen molar-refractivity contribution in [2.75, 3.05) is 0 Å². The second-order valence-corrected chi connectivity index (χ2v) is 0.986. The third kappa shape index (κ3) is 124. The van der Waals surface area contributed by atoms with Crippen molar-refractivity contribution in [3.63, 3.8) is 0 Å². The predicted octanol–water partition coefficient (Wildman–Crippen LogP) is -4.20. The molecule has 0 amide bonds. The Morgan fingerprint density at radius 2 is 0.632 bits per heavy atom. The third-order valence-electron chi connectivity index (χ3n) is 0.333. The monoisotopic (exact) mass is 306 g/mol. The van der Waals surface area contributed by atoms with Gasteiger partial charge in [-0.1, -0.05) is 0 Å². The van der Waals surface area contributed by atoms with Gasteiger partial charge in [0.25, 0.3) is 0 Å². The summed E-state index contributed by atoms with van der Waals surface area (Å²) in [5, 5.41) is 0. The first-order valence-corrected chi connectivity index (χ1v) is 4.88. The van der Waals surface area contributed by atoms with E-state index in [0.29, 0.717) is 21.7 Å². The van der Waals surface area contributed by atoms with Gasteiger partial charge in [-0.2, -0.15) is 0 Å². The standard InChI is InChI=1S/3B2O3.Ca.Mg.2O/c3*3-1-5-2-4;;;;. The summed E-state index contributed by atoms with van der Waals surface area (Å²) in [5.74, 6) is 0. The molecule has 0 N–H and O–H groups in total. The molecule has 88 valence electrons. The summed E-state index contributed by atoms with van der Waals surface area (Å²) >= 11 is 0.736. The summed E-state index contributed by atoms with van der Waals surface area (Å²) in [6, 6.07) is 0. The molecule has 19 heteroatoms. The van der Waals surface area contributed by atoms with E-state index in [1.54, 1.807) is 0 Å². The molecule has 19 heavy (non-hydrogen) atoms. The van der Waals surface area contributed by atoms with Crippen LogP contribution in [-0.2, 0) is 46.6 Å². The van der Waals surface area contributed by atoms with Crippen LogP contribution in [0.25, 0.3) is 0 Å². The predicted molar refractivity (Wildman–Crippen MR) is 54.8 cm³/mol. The summed E-state index contributed by atoms with van der Waals surface area (Å²) in [7, 11) is 0.375. The molecule has 0 aromatic carbocycles. The van der Waals surface area contributed by atoms with Crippen molar-refractivity contribution >= 4 is 102 Å². The Kier molecular flexibility index (Phi) is 106. The second kappa shape index (κ2) is 63.6. The fourth-order valence-electron chi connectivity index (χ4n) is 0.0680. The van der Waals surface area contributed by atoms with E-state index in [9.17, 15) is 0 Å². The Morgan fingerprint density at radius 1 is 0.526 bits per heavy atom. The Morgan fingerprint density at radius 3 is 0.632 bits per heavy atom. The summed E-state index contributed by atoms with van der Waals surface area (Å²) in [6.45, 7) is 0. The average molecular weight is 305 g/mol. The fraction of sp³-hybridized carbons (Fsp3) is 0. The summed E-state index contributed by atoms with van der Waals surface area (Å²) in [4.78, 5) is 0. The van der Waals surface area contributed by atoms with E-state index in [4.69, 9.17) is 32.8 Å². The van der Waals surface area contributed by atoms with Crippen LogP contribution >= 0.6 is 0 Å². The van der Waals surface area contributed by atoms with Gasteiger partial charge in [0.15, 0.2) is 0 Å². The van der Waals surface area contributed by atoms with Gasteiger partial charge >= 0.3 is 148 Å². The zero-order valence-corrected chi connectivity index (χ0v) is 13.0. The van der Waals surface area contributed by atoms with Crippen molar-refractivity contribution in [3.8, 4) is 0 Å². The molecule has 0 fully saturated rings. The van der Waals surface area contributed by atoms with Gasteiger partial charge in [0.2, 0.25) is 0 Å². The van der Waals surface area contributed by atoms with Crippen LogP contribution < -0.4 is 0 Å². The third-order valence-corrected chi connectivity index (χ3v) is 0.333. The zero-order valence-electron chi connectivity index (χ0n) is 9.37. The van der Waals surface area contributed by atoms with Gasteiger partial charge in [0.1, 0.15) is 0 Å². The molecule has 0 saturated carbocycles. The van der Waals surface area contributed by atoms with Crippen LogP contribution in [0.5, 0.6) is 0 Å². The zero-order chi connectivity index (χ0) is 16.4. The number of hydrogen-bond acceptors (Lipinski definition) is 11. The molecule has 0 rings (SSSR count). The SMILES string of the molecule is O=BOB=O.O=BOB=O.O=BOB=O.[O]=[Ca].[O]=[Mg]. The molecule has 0 aliphatic rings. The molecule has 0 saturated heterocycles. The van der Waals surface area contributed by atoms with Crippen LogP contribution in [0.2, 0.25) is 0 Å². The number of rotatable bonds is 6. The normalized spacial score (nSPS) is 3.79. The maximum absolute atomic E-state index is 8.95. The van der Waals surface area contributed by atoms with E-state index >= 15 is 0 Å². The Balaban J connectivity index is -0.0000000455. The van der Waals surface area contributed by atoms with Crippen LogP contribution in [0.4, 0.5) is 0 Å². The molecule has 0 aliphatic carbocycles. The molecule has 0 aromatic heterocycles. The fourth-order valence-corrected chi connectivity index (χ4v) is 0.0680. The number of hydrogen-bond donors (Lipinski definition) is 0. The Labute approximate surface area is 147 Å². The minimum absolute atomic E-state index is 0.0625. The molecular weight excluding hydrogens is 305 g/mol. The molecule has 0 aromatic rings. The van der Waals surface area contributed by atoms with Gasteiger partial charge in [0, 0.05) is 0 Å². The van der Waals surface area contributed by atoms with E-state index in [2.05, 4.69) is 13.7 Å². The van der Waals surface area contributed by atoms with Crippen LogP contribution in [-0.4, -0.2) is 102 Å². The molecule has 0 unspecified atom stereocenters. The van der Waals surface area contributed by atoms with Crippen LogP contribution in [0.1, 0.15) is 0 Å². The molecule has 0 heterocycles. The van der Waals surface area contributed by atoms with Crippen molar-refractivity contribution in [3.05, 3.63) is 0 Å². The van der Waals surface area contributed by atoms with Crippen molar-refractivity contribution in [1.29, 1.82) is 0 Å². The van der Waals surface area contributed by atoms with Crippen LogP contribution in [0.3, 0.4) is 0 Å². The molecule has 0 spiro atoms. The van der Waals surface area contributed by atoms with Crippen molar-refractivity contribution in [1.82, 2.24) is 0 Å². The summed E-state index contributed by atoms with van der Waals surface area (Å²) < 4.78 is 80.8. The minimum atomic E-state index is 0.0625. The van der Waals surface area contributed by atoms with Gasteiger partial charge in [-0.3, -0.25) is 0 Å². The first kappa shape index (κ1) is 31.6. The summed E-state index contributed by atoms with van der Waals surface area (Å²) in [5.41, 5.74) is 0. The molecule has 0 aliphatic heterocycles. The average Bonchev–Trinajstić information content (AvgIpc) is 2.47. The van der Waals surface area contributed by atoms with Gasteiger partial charge < -0.3 is 0 Å². The van der Waals surface area contributed by atoms with Crippen molar-refractivity contribution in [2.24, 2.45) is 0 Å². The topological polar surface area (TPSA) is 164 Å². The van der Waals surface area contributed by atoms with E-state index in [1.165, 1.54) is 0 Å². The molecular formula is B6CaMgO11. The van der Waals surface area contributed by atoms with Crippen molar-refractivity contribution < 1.29 is 46.6 Å². The van der Waals surface area contributed by atoms with Crippen LogP contribution in [0, 0.1) is 0 Å². The van der Waals surface area contributed by atoms with Gasteiger partial charge in [-0.15, -0.1) is 0 Å². The first-order chi connectivity index (χ1) is 9.24. The van der Waals surface area contributed by atoms with Crippen molar-refractivity contribution in [2.45, 2.75) is 0 Å². The Hall–Kier alpha value is 0.216. The first-order valence-electron chi connectivity index (χ1n) is 3.41. The second-order valence-electron chi connectivity index (χ2n) is 0.986. The molecule has 0 radical (unpaired) electrons. The van der Waals surface area contributed by atoms with Gasteiger partial charge in [-0.05, 0) is 0 Å². The Bertz CT molecular complexity index is 170. The van der Waals surface area contributed by atoms with E-state index in [-0.39, 0.29) is 80.0 Å². The van der Waals surface area contributed by atoms with E-state index < -0.39 is 0 Å². The van der Waals surface area contributed by atoms with E-state index in [0.717, 1.165) is 0 Å². The summed E-state index contributed by atoms with van der Waals surface area (Å²) in [6.07, 6.45) is 0. The van der Waals surface area contributed by atoms with Gasteiger partial charge in [-0.25, -0.2) is 0 Å². The maximum atomic E-state index is 8.95.